The molecule has 0 bridgehead atoms. The van der Waals surface area contributed by atoms with Crippen molar-refractivity contribution >= 4 is 17.0 Å². The molecule has 3 aromatic rings. The number of rotatable bonds is 3. The molecule has 0 spiro atoms. The molecule has 4 rings (SSSR count). The molecule has 5 heteroatoms. The molecule has 1 aromatic carbocycles. The number of hydrogen-bond acceptors (Lipinski definition) is 3. The summed E-state index contributed by atoms with van der Waals surface area (Å²) in [5, 5.41) is 9.20. The zero-order valence-electron chi connectivity index (χ0n) is 12.7. The van der Waals surface area contributed by atoms with Crippen LogP contribution in [0.25, 0.3) is 22.6 Å². The molecule has 1 N–H and O–H groups in total. The van der Waals surface area contributed by atoms with Crippen LogP contribution >= 0.6 is 0 Å². The molecular weight excluding hydrogens is 292 g/mol. The van der Waals surface area contributed by atoms with E-state index in [4.69, 9.17) is 4.42 Å². The fourth-order valence-electron chi connectivity index (χ4n) is 3.52. The minimum absolute atomic E-state index is 0.261. The van der Waals surface area contributed by atoms with Crippen molar-refractivity contribution in [3.63, 3.8) is 0 Å². The van der Waals surface area contributed by atoms with E-state index in [1.165, 1.54) is 19.3 Å². The number of hydrogen-bond donors (Lipinski definition) is 1. The van der Waals surface area contributed by atoms with Crippen LogP contribution in [0.1, 0.15) is 48.5 Å². The summed E-state index contributed by atoms with van der Waals surface area (Å²) in [6, 6.07) is 9.30. The van der Waals surface area contributed by atoms with Crippen molar-refractivity contribution in [1.29, 1.82) is 0 Å². The van der Waals surface area contributed by atoms with Gasteiger partial charge in [0.15, 0.2) is 11.6 Å². The summed E-state index contributed by atoms with van der Waals surface area (Å²) < 4.78 is 7.79. The molecule has 1 fully saturated rings. The number of benzene rings is 1. The summed E-state index contributed by atoms with van der Waals surface area (Å²) in [5.74, 6) is 0.585. The average Bonchev–Trinajstić information content (AvgIpc) is 3.22. The van der Waals surface area contributed by atoms with Crippen LogP contribution in [0, 0.1) is 0 Å². The third-order valence-corrected chi connectivity index (χ3v) is 4.62. The highest BCUT2D eigenvalue weighted by Crippen LogP contribution is 2.36. The van der Waals surface area contributed by atoms with Gasteiger partial charge in [-0.25, -0.2) is 9.78 Å². The number of aromatic nitrogens is 2. The lowest BCUT2D eigenvalue weighted by Crippen LogP contribution is -2.13. The monoisotopic (exact) mass is 310 g/mol. The number of carbonyl (C=O) groups is 1. The van der Waals surface area contributed by atoms with Crippen LogP contribution in [-0.2, 0) is 0 Å². The highest BCUT2D eigenvalue weighted by molar-refractivity contribution is 5.93. The summed E-state index contributed by atoms with van der Waals surface area (Å²) in [4.78, 5) is 15.9. The minimum atomic E-state index is -0.932. The third-order valence-electron chi connectivity index (χ3n) is 4.62. The average molecular weight is 310 g/mol. The molecule has 5 nitrogen and oxygen atoms in total. The van der Waals surface area contributed by atoms with Crippen molar-refractivity contribution < 1.29 is 14.3 Å². The molecule has 1 saturated carbocycles. The van der Waals surface area contributed by atoms with E-state index in [1.54, 1.807) is 18.4 Å². The van der Waals surface area contributed by atoms with Crippen molar-refractivity contribution in [3.05, 3.63) is 42.2 Å². The Morgan fingerprint density at radius 3 is 2.74 bits per heavy atom. The Morgan fingerprint density at radius 1 is 1.22 bits per heavy atom. The lowest BCUT2D eigenvalue weighted by Gasteiger charge is -2.25. The summed E-state index contributed by atoms with van der Waals surface area (Å²) >= 11 is 0. The van der Waals surface area contributed by atoms with Gasteiger partial charge in [-0.3, -0.25) is 0 Å². The molecule has 0 amide bonds. The third kappa shape index (κ3) is 2.42. The first-order valence-electron chi connectivity index (χ1n) is 8.03. The maximum Gasteiger partial charge on any atom is 0.335 e. The van der Waals surface area contributed by atoms with Gasteiger partial charge in [0, 0.05) is 6.04 Å². The Kier molecular flexibility index (Phi) is 3.41. The molecule has 118 valence electrons. The fourth-order valence-corrected chi connectivity index (χ4v) is 3.52. The van der Waals surface area contributed by atoms with Gasteiger partial charge in [-0.15, -0.1) is 0 Å². The molecule has 0 aliphatic heterocycles. The summed E-state index contributed by atoms with van der Waals surface area (Å²) in [5.41, 5.74) is 1.95. The van der Waals surface area contributed by atoms with Crippen LogP contribution in [0.5, 0.6) is 0 Å². The number of nitrogens with zero attached hydrogens (tertiary/aromatic N) is 2. The van der Waals surface area contributed by atoms with Crippen molar-refractivity contribution in [3.8, 4) is 11.6 Å². The van der Waals surface area contributed by atoms with E-state index >= 15 is 0 Å². The maximum atomic E-state index is 11.2. The van der Waals surface area contributed by atoms with Crippen LogP contribution in [0.2, 0.25) is 0 Å². The van der Waals surface area contributed by atoms with E-state index in [2.05, 4.69) is 9.55 Å². The molecule has 1 aliphatic carbocycles. The van der Waals surface area contributed by atoms with Crippen LogP contribution in [0.15, 0.2) is 41.0 Å². The van der Waals surface area contributed by atoms with E-state index in [0.29, 0.717) is 11.6 Å². The molecule has 1 aliphatic rings. The summed E-state index contributed by atoms with van der Waals surface area (Å²) in [6.45, 7) is 0. The SMILES string of the molecule is O=C(O)c1ccc2c(c1)nc(-c1ccco1)n2C1CCCCC1. The van der Waals surface area contributed by atoms with Crippen molar-refractivity contribution in [2.45, 2.75) is 38.1 Å². The van der Waals surface area contributed by atoms with Gasteiger partial charge < -0.3 is 14.1 Å². The van der Waals surface area contributed by atoms with E-state index in [9.17, 15) is 9.90 Å². The lowest BCUT2D eigenvalue weighted by molar-refractivity contribution is 0.0697. The van der Waals surface area contributed by atoms with E-state index in [1.807, 2.05) is 18.2 Å². The standard InChI is InChI=1S/C18H18N2O3/c21-18(22)12-8-9-15-14(11-12)19-17(16-7-4-10-23-16)20(15)13-5-2-1-3-6-13/h4,7-11,13H,1-3,5-6H2,(H,21,22). The summed E-state index contributed by atoms with van der Waals surface area (Å²) in [6.07, 6.45) is 7.61. The summed E-state index contributed by atoms with van der Waals surface area (Å²) in [7, 11) is 0. The molecule has 2 heterocycles. The van der Waals surface area contributed by atoms with E-state index in [0.717, 1.165) is 29.9 Å². The van der Waals surface area contributed by atoms with Crippen molar-refractivity contribution in [1.82, 2.24) is 9.55 Å². The van der Waals surface area contributed by atoms with Gasteiger partial charge in [0.25, 0.3) is 0 Å². The fraction of sp³-hybridized carbons (Fsp3) is 0.333. The first-order valence-corrected chi connectivity index (χ1v) is 8.03. The lowest BCUT2D eigenvalue weighted by atomic mass is 9.95. The van der Waals surface area contributed by atoms with Crippen LogP contribution in [0.4, 0.5) is 0 Å². The topological polar surface area (TPSA) is 68.3 Å². The van der Waals surface area contributed by atoms with E-state index in [-0.39, 0.29) is 5.56 Å². The van der Waals surface area contributed by atoms with Gasteiger partial charge in [-0.05, 0) is 43.2 Å². The van der Waals surface area contributed by atoms with Crippen molar-refractivity contribution in [2.24, 2.45) is 0 Å². The molecule has 0 radical (unpaired) electrons. The quantitative estimate of drug-likeness (QED) is 0.773. The van der Waals surface area contributed by atoms with Crippen LogP contribution < -0.4 is 0 Å². The molecule has 2 aromatic heterocycles. The maximum absolute atomic E-state index is 11.2. The first kappa shape index (κ1) is 14.1. The highest BCUT2D eigenvalue weighted by Gasteiger charge is 2.23. The van der Waals surface area contributed by atoms with Crippen molar-refractivity contribution in [2.75, 3.05) is 0 Å². The number of fused-ring (bicyclic) bond motifs is 1. The van der Waals surface area contributed by atoms with Gasteiger partial charge in [0.1, 0.15) is 0 Å². The Labute approximate surface area is 133 Å². The number of furan rings is 1. The van der Waals surface area contributed by atoms with E-state index < -0.39 is 5.97 Å². The zero-order valence-corrected chi connectivity index (χ0v) is 12.7. The predicted octanol–water partition coefficient (Wildman–Crippen LogP) is 4.50. The first-order chi connectivity index (χ1) is 11.2. The normalized spacial score (nSPS) is 16.0. The van der Waals surface area contributed by atoms with Gasteiger partial charge in [0.05, 0.1) is 22.9 Å². The minimum Gasteiger partial charge on any atom is -0.478 e. The Hall–Kier alpha value is -2.56. The van der Waals surface area contributed by atoms with Gasteiger partial charge >= 0.3 is 5.97 Å². The highest BCUT2D eigenvalue weighted by atomic mass is 16.4. The van der Waals surface area contributed by atoms with Crippen LogP contribution in [-0.4, -0.2) is 20.6 Å². The number of aromatic carboxylic acids is 1. The second-order valence-corrected chi connectivity index (χ2v) is 6.08. The second-order valence-electron chi connectivity index (χ2n) is 6.08. The Balaban J connectivity index is 1.92. The smallest absolute Gasteiger partial charge is 0.335 e. The molecule has 0 unspecified atom stereocenters. The number of carboxylic acids is 1. The number of imidazole rings is 1. The number of carboxylic acid groups (broad SMARTS) is 1. The zero-order chi connectivity index (χ0) is 15.8. The Morgan fingerprint density at radius 2 is 2.04 bits per heavy atom. The molecule has 23 heavy (non-hydrogen) atoms. The van der Waals surface area contributed by atoms with Gasteiger partial charge in [-0.1, -0.05) is 19.3 Å². The predicted molar refractivity (Wildman–Crippen MR) is 86.5 cm³/mol. The second kappa shape index (κ2) is 5.57. The van der Waals surface area contributed by atoms with Gasteiger partial charge in [-0.2, -0.15) is 0 Å². The molecule has 0 saturated heterocycles. The molecule has 0 atom stereocenters. The largest absolute Gasteiger partial charge is 0.478 e. The molecular formula is C18H18N2O3. The Bertz CT molecular complexity index is 843. The van der Waals surface area contributed by atoms with Crippen LogP contribution in [0.3, 0.4) is 0 Å². The van der Waals surface area contributed by atoms with Gasteiger partial charge in [0.2, 0.25) is 0 Å².